The molecule has 1 aromatic rings. The number of hydrogen-bond acceptors (Lipinski definition) is 2. The van der Waals surface area contributed by atoms with E-state index in [1.807, 2.05) is 6.92 Å². The van der Waals surface area contributed by atoms with Gasteiger partial charge in [0.2, 0.25) is 0 Å². The molecule has 1 aliphatic heterocycles. The zero-order valence-corrected chi connectivity index (χ0v) is 11.3. The van der Waals surface area contributed by atoms with Gasteiger partial charge in [-0.15, -0.1) is 0 Å². The standard InChI is InChI=1S/C15H20O2/c1-9-10(2)12-6-7-15(4,5)17-14(12)13(8-16)11(9)3/h8H,6-7H2,1-5H3. The smallest absolute Gasteiger partial charge is 0.154 e. The molecule has 2 rings (SSSR count). The van der Waals surface area contributed by atoms with E-state index >= 15 is 0 Å². The van der Waals surface area contributed by atoms with Crippen LogP contribution in [0.1, 0.15) is 52.9 Å². The molecule has 0 fully saturated rings. The fourth-order valence-corrected chi connectivity index (χ4v) is 2.53. The molecule has 0 N–H and O–H groups in total. The number of aldehydes is 1. The van der Waals surface area contributed by atoms with Crippen molar-refractivity contribution in [2.75, 3.05) is 0 Å². The lowest BCUT2D eigenvalue weighted by Gasteiger charge is -2.35. The fraction of sp³-hybridized carbons (Fsp3) is 0.533. The summed E-state index contributed by atoms with van der Waals surface area (Å²) in [6.45, 7) is 10.4. The molecule has 0 radical (unpaired) electrons. The van der Waals surface area contributed by atoms with Crippen LogP contribution in [0.4, 0.5) is 0 Å². The summed E-state index contributed by atoms with van der Waals surface area (Å²) in [5.41, 5.74) is 5.32. The summed E-state index contributed by atoms with van der Waals surface area (Å²) in [5, 5.41) is 0. The Kier molecular flexibility index (Phi) is 2.76. The van der Waals surface area contributed by atoms with E-state index in [-0.39, 0.29) is 5.60 Å². The first-order valence-electron chi connectivity index (χ1n) is 6.14. The van der Waals surface area contributed by atoms with Gasteiger partial charge in [-0.1, -0.05) is 0 Å². The van der Waals surface area contributed by atoms with E-state index in [4.69, 9.17) is 4.74 Å². The SMILES string of the molecule is Cc1c(C)c(C=O)c2c(c1C)CCC(C)(C)O2. The normalized spacial score (nSPS) is 17.2. The van der Waals surface area contributed by atoms with Gasteiger partial charge in [0.05, 0.1) is 5.56 Å². The van der Waals surface area contributed by atoms with E-state index in [0.29, 0.717) is 0 Å². The van der Waals surface area contributed by atoms with Crippen LogP contribution in [0.5, 0.6) is 5.75 Å². The van der Waals surface area contributed by atoms with E-state index in [9.17, 15) is 4.79 Å². The predicted molar refractivity (Wildman–Crippen MR) is 69.1 cm³/mol. The number of ether oxygens (including phenoxy) is 1. The quantitative estimate of drug-likeness (QED) is 0.692. The van der Waals surface area contributed by atoms with E-state index in [0.717, 1.165) is 36.0 Å². The summed E-state index contributed by atoms with van der Waals surface area (Å²) in [4.78, 5) is 11.3. The van der Waals surface area contributed by atoms with Gasteiger partial charge in [0.1, 0.15) is 11.4 Å². The van der Waals surface area contributed by atoms with Gasteiger partial charge in [-0.2, -0.15) is 0 Å². The lowest BCUT2D eigenvalue weighted by Crippen LogP contribution is -2.33. The molecule has 0 atom stereocenters. The van der Waals surface area contributed by atoms with Gasteiger partial charge in [0, 0.05) is 0 Å². The van der Waals surface area contributed by atoms with Gasteiger partial charge in [-0.05, 0) is 69.7 Å². The van der Waals surface area contributed by atoms with Crippen LogP contribution in [0.2, 0.25) is 0 Å². The van der Waals surface area contributed by atoms with Crippen LogP contribution in [0.3, 0.4) is 0 Å². The van der Waals surface area contributed by atoms with E-state index in [1.54, 1.807) is 0 Å². The Balaban J connectivity index is 2.71. The fourth-order valence-electron chi connectivity index (χ4n) is 2.53. The first-order valence-corrected chi connectivity index (χ1v) is 6.14. The Hall–Kier alpha value is -1.31. The molecule has 1 aliphatic rings. The van der Waals surface area contributed by atoms with Crippen LogP contribution < -0.4 is 4.74 Å². The average Bonchev–Trinajstić information content (AvgIpc) is 2.26. The molecular formula is C15H20O2. The van der Waals surface area contributed by atoms with Crippen molar-refractivity contribution in [3.63, 3.8) is 0 Å². The monoisotopic (exact) mass is 232 g/mol. The minimum absolute atomic E-state index is 0.168. The molecule has 2 heteroatoms. The van der Waals surface area contributed by atoms with Crippen LogP contribution in [0, 0.1) is 20.8 Å². The van der Waals surface area contributed by atoms with E-state index in [2.05, 4.69) is 27.7 Å². The van der Waals surface area contributed by atoms with Crippen molar-refractivity contribution in [2.45, 2.75) is 53.1 Å². The maximum absolute atomic E-state index is 11.3. The number of benzene rings is 1. The van der Waals surface area contributed by atoms with Crippen molar-refractivity contribution in [1.82, 2.24) is 0 Å². The first-order chi connectivity index (χ1) is 7.87. The van der Waals surface area contributed by atoms with Gasteiger partial charge in [-0.3, -0.25) is 4.79 Å². The molecule has 0 saturated carbocycles. The Morgan fingerprint density at radius 1 is 1.12 bits per heavy atom. The molecule has 0 amide bonds. The third kappa shape index (κ3) is 1.86. The van der Waals surface area contributed by atoms with Crippen molar-refractivity contribution >= 4 is 6.29 Å². The lowest BCUT2D eigenvalue weighted by molar-refractivity contribution is 0.0821. The zero-order valence-electron chi connectivity index (χ0n) is 11.3. The first kappa shape index (κ1) is 12.2. The number of rotatable bonds is 1. The molecular weight excluding hydrogens is 212 g/mol. The third-order valence-corrected chi connectivity index (χ3v) is 3.97. The summed E-state index contributed by atoms with van der Waals surface area (Å²) in [5.74, 6) is 0.817. The predicted octanol–water partition coefficient (Wildman–Crippen LogP) is 3.53. The third-order valence-electron chi connectivity index (χ3n) is 3.97. The van der Waals surface area contributed by atoms with Crippen molar-refractivity contribution < 1.29 is 9.53 Å². The Morgan fingerprint density at radius 3 is 2.35 bits per heavy atom. The minimum Gasteiger partial charge on any atom is -0.487 e. The highest BCUT2D eigenvalue weighted by atomic mass is 16.5. The summed E-state index contributed by atoms with van der Waals surface area (Å²) in [6.07, 6.45) is 2.93. The van der Waals surface area contributed by atoms with Gasteiger partial charge in [0.15, 0.2) is 6.29 Å². The zero-order chi connectivity index (χ0) is 12.8. The maximum Gasteiger partial charge on any atom is 0.154 e. The van der Waals surface area contributed by atoms with Crippen LogP contribution in [-0.2, 0) is 6.42 Å². The molecule has 17 heavy (non-hydrogen) atoms. The Bertz CT molecular complexity index is 484. The van der Waals surface area contributed by atoms with Gasteiger partial charge in [-0.25, -0.2) is 0 Å². The van der Waals surface area contributed by atoms with E-state index < -0.39 is 0 Å². The molecule has 0 spiro atoms. The molecule has 2 nitrogen and oxygen atoms in total. The van der Waals surface area contributed by atoms with Crippen LogP contribution in [0.25, 0.3) is 0 Å². The van der Waals surface area contributed by atoms with Crippen LogP contribution >= 0.6 is 0 Å². The van der Waals surface area contributed by atoms with E-state index in [1.165, 1.54) is 16.7 Å². The highest BCUT2D eigenvalue weighted by Crippen LogP contribution is 2.40. The molecule has 0 aliphatic carbocycles. The summed E-state index contributed by atoms with van der Waals surface area (Å²) < 4.78 is 6.03. The van der Waals surface area contributed by atoms with Crippen LogP contribution in [0.15, 0.2) is 0 Å². The topological polar surface area (TPSA) is 26.3 Å². The summed E-state index contributed by atoms with van der Waals surface area (Å²) in [7, 11) is 0. The highest BCUT2D eigenvalue weighted by molar-refractivity contribution is 5.84. The number of carbonyl (C=O) groups is 1. The largest absolute Gasteiger partial charge is 0.487 e. The molecule has 0 saturated heterocycles. The molecule has 1 heterocycles. The van der Waals surface area contributed by atoms with Crippen molar-refractivity contribution in [2.24, 2.45) is 0 Å². The lowest BCUT2D eigenvalue weighted by atomic mass is 9.86. The van der Waals surface area contributed by atoms with Gasteiger partial charge < -0.3 is 4.74 Å². The number of fused-ring (bicyclic) bond motifs is 1. The maximum atomic E-state index is 11.3. The van der Waals surface area contributed by atoms with Crippen molar-refractivity contribution in [1.29, 1.82) is 0 Å². The Labute approximate surface area is 103 Å². The highest BCUT2D eigenvalue weighted by Gasteiger charge is 2.30. The summed E-state index contributed by atoms with van der Waals surface area (Å²) in [6, 6.07) is 0. The second-order valence-corrected chi connectivity index (χ2v) is 5.58. The Morgan fingerprint density at radius 2 is 1.76 bits per heavy atom. The van der Waals surface area contributed by atoms with Crippen molar-refractivity contribution in [3.05, 3.63) is 27.8 Å². The second-order valence-electron chi connectivity index (χ2n) is 5.58. The van der Waals surface area contributed by atoms with Crippen LogP contribution in [-0.4, -0.2) is 11.9 Å². The minimum atomic E-state index is -0.168. The molecule has 1 aromatic carbocycles. The summed E-state index contributed by atoms with van der Waals surface area (Å²) >= 11 is 0. The average molecular weight is 232 g/mol. The van der Waals surface area contributed by atoms with Crippen molar-refractivity contribution in [3.8, 4) is 5.75 Å². The molecule has 92 valence electrons. The van der Waals surface area contributed by atoms with Gasteiger partial charge >= 0.3 is 0 Å². The molecule has 0 bridgehead atoms. The van der Waals surface area contributed by atoms with Gasteiger partial charge in [0.25, 0.3) is 0 Å². The number of carbonyl (C=O) groups excluding carboxylic acids is 1. The molecule has 0 aromatic heterocycles. The second kappa shape index (κ2) is 3.86. The molecule has 0 unspecified atom stereocenters. The number of hydrogen-bond donors (Lipinski definition) is 0.